The zero-order chi connectivity index (χ0) is 13.0. The Labute approximate surface area is 108 Å². The molecule has 1 aromatic heterocycles. The van der Waals surface area contributed by atoms with Gasteiger partial charge in [-0.05, 0) is 10.8 Å². The van der Waals surface area contributed by atoms with Gasteiger partial charge < -0.3 is 10.2 Å². The molecule has 1 aliphatic heterocycles. The molecule has 0 unspecified atom stereocenters. The van der Waals surface area contributed by atoms with E-state index >= 15 is 0 Å². The van der Waals surface area contributed by atoms with Gasteiger partial charge in [-0.1, -0.05) is 27.7 Å². The van der Waals surface area contributed by atoms with Gasteiger partial charge in [0.25, 0.3) is 0 Å². The number of H-pyrrole nitrogens is 1. The Morgan fingerprint density at radius 2 is 1.72 bits per heavy atom. The molecule has 0 radical (unpaired) electrons. The first-order chi connectivity index (χ1) is 8.44. The Morgan fingerprint density at radius 3 is 2.28 bits per heavy atom. The van der Waals surface area contributed by atoms with Crippen molar-refractivity contribution in [1.82, 2.24) is 20.5 Å². The molecule has 1 saturated heterocycles. The van der Waals surface area contributed by atoms with E-state index in [1.54, 1.807) is 0 Å². The number of nitrogens with one attached hydrogen (secondary N) is 2. The summed E-state index contributed by atoms with van der Waals surface area (Å²) in [6.07, 6.45) is 0. The average molecular weight is 249 g/mol. The van der Waals surface area contributed by atoms with Crippen molar-refractivity contribution in [2.75, 3.05) is 31.1 Å². The number of anilines is 1. The molecule has 100 valence electrons. The van der Waals surface area contributed by atoms with Gasteiger partial charge in [-0.2, -0.15) is 4.98 Å². The summed E-state index contributed by atoms with van der Waals surface area (Å²) in [6, 6.07) is 0. The second kappa shape index (κ2) is 3.70. The van der Waals surface area contributed by atoms with E-state index in [2.05, 4.69) is 48.1 Å². The van der Waals surface area contributed by atoms with Crippen LogP contribution in [0.3, 0.4) is 0 Å². The summed E-state index contributed by atoms with van der Waals surface area (Å²) in [7, 11) is 0. The third-order valence-electron chi connectivity index (χ3n) is 5.18. The van der Waals surface area contributed by atoms with Gasteiger partial charge in [-0.25, -0.2) is 0 Å². The highest BCUT2D eigenvalue weighted by molar-refractivity contribution is 5.34. The third kappa shape index (κ3) is 1.56. The number of piperazine rings is 1. The van der Waals surface area contributed by atoms with Crippen LogP contribution in [0.25, 0.3) is 0 Å². The van der Waals surface area contributed by atoms with Crippen molar-refractivity contribution in [3.05, 3.63) is 5.82 Å². The Balaban J connectivity index is 1.78. The van der Waals surface area contributed by atoms with Crippen molar-refractivity contribution in [1.29, 1.82) is 0 Å². The number of rotatable bonds is 2. The van der Waals surface area contributed by atoms with Crippen LogP contribution in [0.2, 0.25) is 0 Å². The lowest BCUT2D eigenvalue weighted by molar-refractivity contribution is 0.457. The molecule has 2 aliphatic rings. The van der Waals surface area contributed by atoms with E-state index in [9.17, 15) is 0 Å². The Bertz CT molecular complexity index is 428. The van der Waals surface area contributed by atoms with Gasteiger partial charge in [0.1, 0.15) is 5.82 Å². The smallest absolute Gasteiger partial charge is 0.244 e. The van der Waals surface area contributed by atoms with Crippen LogP contribution in [0.5, 0.6) is 0 Å². The molecular weight excluding hydrogens is 226 g/mol. The normalized spacial score (nSPS) is 26.3. The Hall–Kier alpha value is -1.10. The van der Waals surface area contributed by atoms with Gasteiger partial charge in [-0.3, -0.25) is 5.10 Å². The van der Waals surface area contributed by atoms with Gasteiger partial charge in [-0.15, -0.1) is 5.10 Å². The van der Waals surface area contributed by atoms with Crippen LogP contribution in [-0.4, -0.2) is 41.4 Å². The highest BCUT2D eigenvalue weighted by atomic mass is 15.4. The second-order valence-corrected chi connectivity index (χ2v) is 6.63. The first-order valence-corrected chi connectivity index (χ1v) is 6.82. The van der Waals surface area contributed by atoms with Crippen LogP contribution in [0, 0.1) is 10.8 Å². The topological polar surface area (TPSA) is 56.8 Å². The maximum absolute atomic E-state index is 4.72. The van der Waals surface area contributed by atoms with Gasteiger partial charge in [0, 0.05) is 32.1 Å². The summed E-state index contributed by atoms with van der Waals surface area (Å²) >= 11 is 0. The van der Waals surface area contributed by atoms with Crippen LogP contribution < -0.4 is 10.2 Å². The minimum absolute atomic E-state index is 0.313. The average Bonchev–Trinajstić information content (AvgIpc) is 2.72. The Kier molecular flexibility index (Phi) is 2.46. The highest BCUT2D eigenvalue weighted by Crippen LogP contribution is 2.72. The molecule has 2 N–H and O–H groups in total. The lowest BCUT2D eigenvalue weighted by Gasteiger charge is -2.25. The SMILES string of the molecule is CC1(C)C(c2nc(N3CCNCC3)n[nH]2)C1(C)C. The maximum Gasteiger partial charge on any atom is 0.244 e. The van der Waals surface area contributed by atoms with E-state index in [-0.39, 0.29) is 0 Å². The summed E-state index contributed by atoms with van der Waals surface area (Å²) < 4.78 is 0. The fraction of sp³-hybridized carbons (Fsp3) is 0.846. The summed E-state index contributed by atoms with van der Waals surface area (Å²) in [6.45, 7) is 13.3. The third-order valence-corrected chi connectivity index (χ3v) is 5.18. The molecular formula is C13H23N5. The van der Waals surface area contributed by atoms with Crippen molar-refractivity contribution in [3.8, 4) is 0 Å². The summed E-state index contributed by atoms with van der Waals surface area (Å²) in [5.41, 5.74) is 0.626. The molecule has 3 rings (SSSR count). The molecule has 0 bridgehead atoms. The van der Waals surface area contributed by atoms with E-state index in [0.717, 1.165) is 38.0 Å². The van der Waals surface area contributed by atoms with Crippen LogP contribution >= 0.6 is 0 Å². The highest BCUT2D eigenvalue weighted by Gasteiger charge is 2.66. The molecule has 1 aromatic rings. The van der Waals surface area contributed by atoms with E-state index in [0.29, 0.717) is 16.7 Å². The number of nitrogens with zero attached hydrogens (tertiary/aromatic N) is 3. The molecule has 0 amide bonds. The summed E-state index contributed by atoms with van der Waals surface area (Å²) in [5, 5.41) is 10.9. The van der Waals surface area contributed by atoms with E-state index in [4.69, 9.17) is 4.98 Å². The molecule has 0 spiro atoms. The molecule has 2 heterocycles. The standard InChI is InChI=1S/C13H23N5/c1-12(2)9(13(12,3)4)10-15-11(17-16-10)18-7-5-14-6-8-18/h9,14H,5-8H2,1-4H3,(H,15,16,17). The molecule has 1 aliphatic carbocycles. The van der Waals surface area contributed by atoms with Crippen LogP contribution in [0.15, 0.2) is 0 Å². The van der Waals surface area contributed by atoms with E-state index in [1.807, 2.05) is 0 Å². The maximum atomic E-state index is 4.72. The molecule has 0 aromatic carbocycles. The molecule has 0 atom stereocenters. The number of hydrogen-bond acceptors (Lipinski definition) is 4. The van der Waals surface area contributed by atoms with Crippen molar-refractivity contribution in [3.63, 3.8) is 0 Å². The lowest BCUT2D eigenvalue weighted by Crippen LogP contribution is -2.44. The van der Waals surface area contributed by atoms with Crippen molar-refractivity contribution < 1.29 is 0 Å². The van der Waals surface area contributed by atoms with Crippen LogP contribution in [-0.2, 0) is 0 Å². The molecule has 1 saturated carbocycles. The van der Waals surface area contributed by atoms with E-state index < -0.39 is 0 Å². The monoisotopic (exact) mass is 249 g/mol. The number of aromatic nitrogens is 3. The Morgan fingerprint density at radius 1 is 1.11 bits per heavy atom. The zero-order valence-electron chi connectivity index (χ0n) is 11.7. The predicted molar refractivity (Wildman–Crippen MR) is 71.8 cm³/mol. The fourth-order valence-electron chi connectivity index (χ4n) is 3.28. The molecule has 5 heteroatoms. The number of aromatic amines is 1. The number of hydrogen-bond donors (Lipinski definition) is 2. The molecule has 2 fully saturated rings. The van der Waals surface area contributed by atoms with E-state index in [1.165, 1.54) is 0 Å². The van der Waals surface area contributed by atoms with Crippen molar-refractivity contribution >= 4 is 5.95 Å². The largest absolute Gasteiger partial charge is 0.337 e. The first kappa shape index (κ1) is 12.0. The van der Waals surface area contributed by atoms with Crippen molar-refractivity contribution in [2.24, 2.45) is 10.8 Å². The van der Waals surface area contributed by atoms with Gasteiger partial charge in [0.05, 0.1) is 0 Å². The predicted octanol–water partition coefficient (Wildman–Crippen LogP) is 1.36. The van der Waals surface area contributed by atoms with Crippen LogP contribution in [0.4, 0.5) is 5.95 Å². The van der Waals surface area contributed by atoms with Gasteiger partial charge in [0.15, 0.2) is 0 Å². The summed E-state index contributed by atoms with van der Waals surface area (Å²) in [5.74, 6) is 2.41. The van der Waals surface area contributed by atoms with Gasteiger partial charge >= 0.3 is 0 Å². The van der Waals surface area contributed by atoms with Gasteiger partial charge in [0.2, 0.25) is 5.95 Å². The lowest BCUT2D eigenvalue weighted by atomic mass is 10.0. The van der Waals surface area contributed by atoms with Crippen LogP contribution in [0.1, 0.15) is 39.4 Å². The molecule has 5 nitrogen and oxygen atoms in total. The second-order valence-electron chi connectivity index (χ2n) is 6.63. The zero-order valence-corrected chi connectivity index (χ0v) is 11.7. The quantitative estimate of drug-likeness (QED) is 0.831. The fourth-order valence-corrected chi connectivity index (χ4v) is 3.28. The molecule has 18 heavy (non-hydrogen) atoms. The first-order valence-electron chi connectivity index (χ1n) is 6.82. The summed E-state index contributed by atoms with van der Waals surface area (Å²) in [4.78, 5) is 6.97. The minimum atomic E-state index is 0.313. The minimum Gasteiger partial charge on any atom is -0.337 e. The van der Waals surface area contributed by atoms with Crippen molar-refractivity contribution in [2.45, 2.75) is 33.6 Å².